The number of carbonyl (C=O) groups excluding carboxylic acids is 1. The highest BCUT2D eigenvalue weighted by molar-refractivity contribution is 5.96. The summed E-state index contributed by atoms with van der Waals surface area (Å²) in [6.45, 7) is 2.44. The van der Waals surface area contributed by atoms with Crippen LogP contribution in [0.4, 0.5) is 16.6 Å². The third-order valence-electron chi connectivity index (χ3n) is 4.40. The Morgan fingerprint density at radius 3 is 2.88 bits per heavy atom. The van der Waals surface area contributed by atoms with E-state index in [1.54, 1.807) is 48.7 Å². The lowest BCUT2D eigenvalue weighted by Gasteiger charge is -2.09. The van der Waals surface area contributed by atoms with Crippen molar-refractivity contribution >= 4 is 28.9 Å². The first-order valence-corrected chi connectivity index (χ1v) is 9.88. The molecular formula is C21H21N7O4. The van der Waals surface area contributed by atoms with E-state index >= 15 is 0 Å². The van der Waals surface area contributed by atoms with Crippen molar-refractivity contribution in [3.63, 3.8) is 0 Å². The number of nitrogens with zero attached hydrogens (tertiary/aromatic N) is 4. The van der Waals surface area contributed by atoms with Crippen molar-refractivity contribution in [1.82, 2.24) is 25.1 Å². The molecule has 0 unspecified atom stereocenters. The van der Waals surface area contributed by atoms with E-state index in [0.717, 1.165) is 5.56 Å². The van der Waals surface area contributed by atoms with Crippen LogP contribution in [0.5, 0.6) is 5.75 Å². The Kier molecular flexibility index (Phi) is 6.25. The Morgan fingerprint density at radius 1 is 1.22 bits per heavy atom. The summed E-state index contributed by atoms with van der Waals surface area (Å²) in [5, 5.41) is 19.7. The van der Waals surface area contributed by atoms with Gasteiger partial charge in [0.05, 0.1) is 5.39 Å². The first-order valence-electron chi connectivity index (χ1n) is 9.88. The summed E-state index contributed by atoms with van der Waals surface area (Å²) < 4.78 is 10.3. The molecule has 164 valence electrons. The zero-order chi connectivity index (χ0) is 22.3. The number of carbonyl (C=O) groups is 1. The predicted molar refractivity (Wildman–Crippen MR) is 117 cm³/mol. The summed E-state index contributed by atoms with van der Waals surface area (Å²) in [5.74, 6) is 1.69. The van der Waals surface area contributed by atoms with E-state index < -0.39 is 6.09 Å². The molecule has 32 heavy (non-hydrogen) atoms. The summed E-state index contributed by atoms with van der Waals surface area (Å²) >= 11 is 0. The fraction of sp³-hybridized carbons (Fsp3) is 0.190. The van der Waals surface area contributed by atoms with Gasteiger partial charge in [-0.25, -0.2) is 4.79 Å². The molecule has 0 atom stereocenters. The molecule has 0 aliphatic rings. The van der Waals surface area contributed by atoms with E-state index in [2.05, 4.69) is 35.7 Å². The highest BCUT2D eigenvalue weighted by Gasteiger charge is 2.13. The van der Waals surface area contributed by atoms with Crippen LogP contribution in [-0.4, -0.2) is 49.4 Å². The van der Waals surface area contributed by atoms with E-state index in [9.17, 15) is 9.90 Å². The molecule has 0 radical (unpaired) electrons. The lowest BCUT2D eigenvalue weighted by atomic mass is 10.2. The third kappa shape index (κ3) is 5.01. The SMILES string of the molecule is C/C=C/COC(=O)Nc1nc(NCCc2nc(-c3ccc(O)cc3)no2)nc2[nH]ccc12. The number of nitrogens with one attached hydrogen (secondary N) is 3. The molecule has 1 amide bonds. The van der Waals surface area contributed by atoms with Gasteiger partial charge < -0.3 is 24.7 Å². The van der Waals surface area contributed by atoms with E-state index in [1.807, 2.05) is 6.92 Å². The number of anilines is 2. The molecule has 0 bridgehead atoms. The van der Waals surface area contributed by atoms with E-state index in [-0.39, 0.29) is 12.4 Å². The predicted octanol–water partition coefficient (Wildman–Crippen LogP) is 3.49. The Morgan fingerprint density at radius 2 is 2.06 bits per heavy atom. The van der Waals surface area contributed by atoms with Crippen LogP contribution in [0.3, 0.4) is 0 Å². The number of benzene rings is 1. The van der Waals surface area contributed by atoms with Gasteiger partial charge in [0.15, 0.2) is 0 Å². The van der Waals surface area contributed by atoms with Gasteiger partial charge in [-0.05, 0) is 37.3 Å². The Labute approximate surface area is 182 Å². The fourth-order valence-corrected chi connectivity index (χ4v) is 2.83. The van der Waals surface area contributed by atoms with Crippen LogP contribution in [0.1, 0.15) is 12.8 Å². The maximum atomic E-state index is 12.0. The van der Waals surface area contributed by atoms with Gasteiger partial charge in [-0.15, -0.1) is 0 Å². The standard InChI is InChI=1S/C21H21N7O4/c1-2-3-12-31-21(30)27-19-15-8-10-22-18(15)25-20(26-19)23-11-9-16-24-17(28-32-16)13-4-6-14(29)7-5-13/h2-8,10,29H,9,11-12H2,1H3,(H3,22,23,25,26,27,30)/b3-2+. The second-order valence-electron chi connectivity index (χ2n) is 6.66. The van der Waals surface area contributed by atoms with Crippen LogP contribution >= 0.6 is 0 Å². The van der Waals surface area contributed by atoms with Gasteiger partial charge in [-0.3, -0.25) is 5.32 Å². The Bertz CT molecular complexity index is 1230. The van der Waals surface area contributed by atoms with Crippen LogP contribution in [0, 0.1) is 0 Å². The number of phenolic OH excluding ortho intramolecular Hbond substituents is 1. The summed E-state index contributed by atoms with van der Waals surface area (Å²) in [5.41, 5.74) is 1.31. The number of ether oxygens (including phenoxy) is 1. The number of aromatic amines is 1. The lowest BCUT2D eigenvalue weighted by molar-refractivity contribution is 0.174. The zero-order valence-corrected chi connectivity index (χ0v) is 17.2. The highest BCUT2D eigenvalue weighted by atomic mass is 16.5. The summed E-state index contributed by atoms with van der Waals surface area (Å²) in [7, 11) is 0. The number of phenols is 1. The number of hydrogen-bond donors (Lipinski definition) is 4. The number of hydrogen-bond acceptors (Lipinski definition) is 9. The number of fused-ring (bicyclic) bond motifs is 1. The van der Waals surface area contributed by atoms with Crippen molar-refractivity contribution in [2.24, 2.45) is 0 Å². The van der Waals surface area contributed by atoms with Crippen molar-refractivity contribution in [3.8, 4) is 17.1 Å². The molecule has 11 heteroatoms. The number of H-pyrrole nitrogens is 1. The Hall–Kier alpha value is -4.41. The van der Waals surface area contributed by atoms with Crippen molar-refractivity contribution in [3.05, 3.63) is 54.6 Å². The normalized spacial score (nSPS) is 11.2. The first kappa shape index (κ1) is 20.8. The largest absolute Gasteiger partial charge is 0.508 e. The molecular weight excluding hydrogens is 414 g/mol. The summed E-state index contributed by atoms with van der Waals surface area (Å²) in [4.78, 5) is 28.1. The average Bonchev–Trinajstić information content (AvgIpc) is 3.44. The molecule has 0 fully saturated rings. The second kappa shape index (κ2) is 9.60. The van der Waals surface area contributed by atoms with Crippen molar-refractivity contribution in [1.29, 1.82) is 0 Å². The van der Waals surface area contributed by atoms with Crippen molar-refractivity contribution < 1.29 is 19.2 Å². The number of amides is 1. The minimum absolute atomic E-state index is 0.167. The maximum absolute atomic E-state index is 12.0. The van der Waals surface area contributed by atoms with Crippen LogP contribution < -0.4 is 10.6 Å². The number of aromatic nitrogens is 5. The molecule has 4 N–H and O–H groups in total. The minimum atomic E-state index is -0.608. The number of aromatic hydroxyl groups is 1. The molecule has 11 nitrogen and oxygen atoms in total. The first-order chi connectivity index (χ1) is 15.6. The van der Waals surface area contributed by atoms with E-state index in [0.29, 0.717) is 47.5 Å². The summed E-state index contributed by atoms with van der Waals surface area (Å²) in [6.07, 6.45) is 5.06. The van der Waals surface area contributed by atoms with Crippen LogP contribution in [-0.2, 0) is 11.2 Å². The van der Waals surface area contributed by atoms with Gasteiger partial charge in [-0.2, -0.15) is 15.0 Å². The monoisotopic (exact) mass is 435 g/mol. The quantitative estimate of drug-likeness (QED) is 0.305. The van der Waals surface area contributed by atoms with Crippen LogP contribution in [0.2, 0.25) is 0 Å². The lowest BCUT2D eigenvalue weighted by Crippen LogP contribution is -2.16. The van der Waals surface area contributed by atoms with E-state index in [4.69, 9.17) is 9.26 Å². The van der Waals surface area contributed by atoms with Gasteiger partial charge in [0.1, 0.15) is 23.8 Å². The fourth-order valence-electron chi connectivity index (χ4n) is 2.83. The molecule has 0 spiro atoms. The maximum Gasteiger partial charge on any atom is 0.413 e. The molecule has 0 saturated carbocycles. The number of allylic oxidation sites excluding steroid dienone is 1. The van der Waals surface area contributed by atoms with Crippen LogP contribution in [0.15, 0.2) is 53.2 Å². The van der Waals surface area contributed by atoms with Crippen LogP contribution in [0.25, 0.3) is 22.4 Å². The molecule has 0 saturated heterocycles. The van der Waals surface area contributed by atoms with Gasteiger partial charge >= 0.3 is 6.09 Å². The van der Waals surface area contributed by atoms with E-state index in [1.165, 1.54) is 0 Å². The molecule has 0 aliphatic heterocycles. The summed E-state index contributed by atoms with van der Waals surface area (Å²) in [6, 6.07) is 8.30. The smallest absolute Gasteiger partial charge is 0.413 e. The molecule has 0 aliphatic carbocycles. The minimum Gasteiger partial charge on any atom is -0.508 e. The third-order valence-corrected chi connectivity index (χ3v) is 4.40. The van der Waals surface area contributed by atoms with Crippen molar-refractivity contribution in [2.45, 2.75) is 13.3 Å². The van der Waals surface area contributed by atoms with Crippen molar-refractivity contribution in [2.75, 3.05) is 23.8 Å². The second-order valence-corrected chi connectivity index (χ2v) is 6.66. The average molecular weight is 435 g/mol. The topological polar surface area (TPSA) is 151 Å². The van der Waals surface area contributed by atoms with Gasteiger partial charge in [0, 0.05) is 24.7 Å². The molecule has 3 heterocycles. The molecule has 4 rings (SSSR count). The molecule has 4 aromatic rings. The number of rotatable bonds is 8. The Balaban J connectivity index is 1.39. The van der Waals surface area contributed by atoms with Gasteiger partial charge in [0.2, 0.25) is 17.7 Å². The molecule has 1 aromatic carbocycles. The molecule has 3 aromatic heterocycles. The zero-order valence-electron chi connectivity index (χ0n) is 17.2. The van der Waals surface area contributed by atoms with Gasteiger partial charge in [-0.1, -0.05) is 17.3 Å². The van der Waals surface area contributed by atoms with Gasteiger partial charge in [0.25, 0.3) is 0 Å². The highest BCUT2D eigenvalue weighted by Crippen LogP contribution is 2.22.